The number of nitrogens with zero attached hydrogens (tertiary/aromatic N) is 3. The van der Waals surface area contributed by atoms with Crippen LogP contribution in [0.3, 0.4) is 0 Å². The molecule has 2 aromatic carbocycles. The molecule has 0 bridgehead atoms. The van der Waals surface area contributed by atoms with Gasteiger partial charge in [-0.1, -0.05) is 54.2 Å². The highest BCUT2D eigenvalue weighted by Gasteiger charge is 2.39. The quantitative estimate of drug-likeness (QED) is 0.519. The lowest BCUT2D eigenvalue weighted by molar-refractivity contribution is -0.121. The first kappa shape index (κ1) is 22.5. The van der Waals surface area contributed by atoms with Gasteiger partial charge in [-0.15, -0.1) is 11.3 Å². The minimum Gasteiger partial charge on any atom is -0.326 e. The summed E-state index contributed by atoms with van der Waals surface area (Å²) < 4.78 is 13.8. The first-order chi connectivity index (χ1) is 16.5. The van der Waals surface area contributed by atoms with Crippen LogP contribution in [0, 0.1) is 12.7 Å². The van der Waals surface area contributed by atoms with Crippen molar-refractivity contribution < 1.29 is 14.0 Å². The molecule has 1 aromatic heterocycles. The van der Waals surface area contributed by atoms with Gasteiger partial charge in [-0.05, 0) is 41.6 Å². The van der Waals surface area contributed by atoms with E-state index in [2.05, 4.69) is 10.3 Å². The van der Waals surface area contributed by atoms with Gasteiger partial charge in [0.2, 0.25) is 5.91 Å². The molecule has 2 atom stereocenters. The summed E-state index contributed by atoms with van der Waals surface area (Å²) in [4.78, 5) is 30.5. The normalized spacial score (nSPS) is 19.8. The molecule has 172 valence electrons. The molecule has 0 radical (unpaired) electrons. The molecule has 0 spiro atoms. The average Bonchev–Trinajstić information content (AvgIpc) is 3.57. The molecule has 6 nitrogen and oxygen atoms in total. The summed E-state index contributed by atoms with van der Waals surface area (Å²) in [6.45, 7) is 1.65. The first-order valence-electron chi connectivity index (χ1n) is 10.8. The SMILES string of the molecule is Cc1ccc(NC(=O)C[C@H]2SC(N3N=C(c4cccs4)C[C@@H]3c3ccccc3)=NC2=O)cc1F. The maximum atomic E-state index is 13.8. The lowest BCUT2D eigenvalue weighted by Gasteiger charge is -2.23. The Labute approximate surface area is 204 Å². The van der Waals surface area contributed by atoms with Crippen molar-refractivity contribution in [3.8, 4) is 0 Å². The van der Waals surface area contributed by atoms with Crippen LogP contribution in [0.2, 0.25) is 0 Å². The molecule has 2 aliphatic heterocycles. The van der Waals surface area contributed by atoms with E-state index in [1.54, 1.807) is 35.4 Å². The molecule has 0 unspecified atom stereocenters. The third-order valence-corrected chi connectivity index (χ3v) is 7.71. The lowest BCUT2D eigenvalue weighted by Crippen LogP contribution is -2.25. The van der Waals surface area contributed by atoms with E-state index >= 15 is 0 Å². The summed E-state index contributed by atoms with van der Waals surface area (Å²) in [5.41, 5.74) is 2.88. The third kappa shape index (κ3) is 4.67. The van der Waals surface area contributed by atoms with Crippen LogP contribution in [0.4, 0.5) is 10.1 Å². The van der Waals surface area contributed by atoms with Crippen molar-refractivity contribution in [2.45, 2.75) is 31.1 Å². The van der Waals surface area contributed by atoms with E-state index in [1.165, 1.54) is 17.8 Å². The van der Waals surface area contributed by atoms with Gasteiger partial charge in [0.05, 0.1) is 16.6 Å². The van der Waals surface area contributed by atoms with E-state index in [0.29, 0.717) is 22.8 Å². The number of anilines is 1. The first-order valence-corrected chi connectivity index (χ1v) is 12.5. The number of aryl methyl sites for hydroxylation is 1. The van der Waals surface area contributed by atoms with Crippen LogP contribution < -0.4 is 5.32 Å². The maximum absolute atomic E-state index is 13.8. The molecule has 3 aromatic rings. The van der Waals surface area contributed by atoms with Gasteiger partial charge < -0.3 is 5.32 Å². The monoisotopic (exact) mass is 492 g/mol. The van der Waals surface area contributed by atoms with Crippen molar-refractivity contribution in [2.75, 3.05) is 5.32 Å². The van der Waals surface area contributed by atoms with E-state index in [-0.39, 0.29) is 24.3 Å². The number of rotatable bonds is 5. The molecule has 3 heterocycles. The summed E-state index contributed by atoms with van der Waals surface area (Å²) in [6.07, 6.45) is 0.639. The number of hydrogen-bond donors (Lipinski definition) is 1. The number of halogens is 1. The molecule has 34 heavy (non-hydrogen) atoms. The van der Waals surface area contributed by atoms with Crippen molar-refractivity contribution in [3.63, 3.8) is 0 Å². The van der Waals surface area contributed by atoms with Gasteiger partial charge in [0.25, 0.3) is 5.91 Å². The van der Waals surface area contributed by atoms with Gasteiger partial charge >= 0.3 is 0 Å². The van der Waals surface area contributed by atoms with E-state index in [4.69, 9.17) is 5.10 Å². The third-order valence-electron chi connectivity index (χ3n) is 5.65. The number of carbonyl (C=O) groups is 2. The number of benzene rings is 2. The van der Waals surface area contributed by atoms with Crippen LogP contribution >= 0.6 is 23.1 Å². The smallest absolute Gasteiger partial charge is 0.262 e. The summed E-state index contributed by atoms with van der Waals surface area (Å²) in [6, 6.07) is 18.4. The molecule has 9 heteroatoms. The number of hydrogen-bond acceptors (Lipinski definition) is 6. The predicted molar refractivity (Wildman–Crippen MR) is 135 cm³/mol. The summed E-state index contributed by atoms with van der Waals surface area (Å²) in [7, 11) is 0. The fourth-order valence-corrected chi connectivity index (χ4v) is 5.65. The number of amides is 2. The number of thiophene rings is 1. The minimum atomic E-state index is -0.650. The zero-order valence-electron chi connectivity index (χ0n) is 18.3. The topological polar surface area (TPSA) is 74.1 Å². The number of aliphatic imine (C=N–C) groups is 1. The molecule has 2 aliphatic rings. The molecular formula is C25H21FN4O2S2. The maximum Gasteiger partial charge on any atom is 0.262 e. The molecule has 5 rings (SSSR count). The Morgan fingerprint density at radius 3 is 2.74 bits per heavy atom. The van der Waals surface area contributed by atoms with Crippen molar-refractivity contribution in [3.05, 3.63) is 87.9 Å². The van der Waals surface area contributed by atoms with Crippen LogP contribution in [0.15, 0.2) is 76.1 Å². The summed E-state index contributed by atoms with van der Waals surface area (Å²) in [5, 5.41) is 11.1. The number of hydrazone groups is 1. The standard InChI is InChI=1S/C25H21FN4O2S2/c1-15-9-10-17(12-18(15)26)27-23(31)14-22-24(32)28-25(34-22)30-20(16-6-3-2-4-7-16)13-19(29-30)21-8-5-11-33-21/h2-12,20,22H,13-14H2,1H3,(H,27,31)/t20-,22-/m1/s1. The van der Waals surface area contributed by atoms with Crippen LogP contribution in [0.25, 0.3) is 0 Å². The predicted octanol–water partition coefficient (Wildman–Crippen LogP) is 5.37. The van der Waals surface area contributed by atoms with Gasteiger partial charge in [-0.25, -0.2) is 9.40 Å². The largest absolute Gasteiger partial charge is 0.326 e. The molecule has 0 aliphatic carbocycles. The van der Waals surface area contributed by atoms with Crippen molar-refractivity contribution >= 4 is 51.5 Å². The lowest BCUT2D eigenvalue weighted by atomic mass is 10.0. The second kappa shape index (κ2) is 9.52. The van der Waals surface area contributed by atoms with E-state index < -0.39 is 11.1 Å². The Hall–Kier alpha value is -3.30. The van der Waals surface area contributed by atoms with E-state index in [1.807, 2.05) is 47.8 Å². The van der Waals surface area contributed by atoms with Gasteiger partial charge in [0.15, 0.2) is 5.17 Å². The molecule has 0 fully saturated rings. The Bertz CT molecular complexity index is 1290. The van der Waals surface area contributed by atoms with E-state index in [9.17, 15) is 14.0 Å². The number of carbonyl (C=O) groups excluding carboxylic acids is 2. The Balaban J connectivity index is 1.31. The summed E-state index contributed by atoms with van der Waals surface area (Å²) >= 11 is 2.87. The molecule has 2 amide bonds. The second-order valence-corrected chi connectivity index (χ2v) is 10.2. The summed E-state index contributed by atoms with van der Waals surface area (Å²) in [5.74, 6) is -1.12. The highest BCUT2D eigenvalue weighted by Crippen LogP contribution is 2.39. The van der Waals surface area contributed by atoms with Gasteiger partial charge in [-0.2, -0.15) is 10.1 Å². The molecule has 0 saturated heterocycles. The van der Waals surface area contributed by atoms with Gasteiger partial charge in [0.1, 0.15) is 11.1 Å². The highest BCUT2D eigenvalue weighted by atomic mass is 32.2. The number of thioether (sulfide) groups is 1. The highest BCUT2D eigenvalue weighted by molar-refractivity contribution is 8.15. The zero-order chi connectivity index (χ0) is 23.7. The van der Waals surface area contributed by atoms with E-state index in [0.717, 1.165) is 16.2 Å². The van der Waals surface area contributed by atoms with Crippen LogP contribution in [0.1, 0.15) is 34.9 Å². The molecule has 0 saturated carbocycles. The molecule has 1 N–H and O–H groups in total. The second-order valence-electron chi connectivity index (χ2n) is 8.05. The van der Waals surface area contributed by atoms with Crippen LogP contribution in [-0.2, 0) is 9.59 Å². The molecular weight excluding hydrogens is 471 g/mol. The Morgan fingerprint density at radius 2 is 2.00 bits per heavy atom. The van der Waals surface area contributed by atoms with Gasteiger partial charge in [-0.3, -0.25) is 9.59 Å². The fourth-order valence-electron chi connectivity index (χ4n) is 3.87. The van der Waals surface area contributed by atoms with Gasteiger partial charge in [0, 0.05) is 18.5 Å². The van der Waals surface area contributed by atoms with Crippen molar-refractivity contribution in [2.24, 2.45) is 10.1 Å². The zero-order valence-corrected chi connectivity index (χ0v) is 19.9. The fraction of sp³-hybridized carbons (Fsp3) is 0.200. The number of amidine groups is 1. The van der Waals surface area contributed by atoms with Crippen LogP contribution in [-0.4, -0.2) is 33.0 Å². The Morgan fingerprint density at radius 1 is 1.18 bits per heavy atom. The minimum absolute atomic E-state index is 0.0582. The van der Waals surface area contributed by atoms with Crippen LogP contribution in [0.5, 0.6) is 0 Å². The van der Waals surface area contributed by atoms with Crippen molar-refractivity contribution in [1.29, 1.82) is 0 Å². The van der Waals surface area contributed by atoms with Crippen molar-refractivity contribution in [1.82, 2.24) is 5.01 Å². The average molecular weight is 493 g/mol. The number of nitrogens with one attached hydrogen (secondary N) is 1. The Kier molecular flexibility index (Phi) is 6.30.